The summed E-state index contributed by atoms with van der Waals surface area (Å²) >= 11 is 1.43. The van der Waals surface area contributed by atoms with Crippen LogP contribution in [0, 0.1) is 13.8 Å². The first-order valence-corrected chi connectivity index (χ1v) is 8.70. The van der Waals surface area contributed by atoms with Crippen LogP contribution in [0.4, 0.5) is 4.79 Å². The molecule has 2 heterocycles. The van der Waals surface area contributed by atoms with E-state index in [1.165, 1.54) is 11.3 Å². The van der Waals surface area contributed by atoms with E-state index in [1.54, 1.807) is 0 Å². The third kappa shape index (κ3) is 4.06. The highest BCUT2D eigenvalue weighted by Gasteiger charge is 2.14. The number of carbonyl (C=O) groups is 1. The van der Waals surface area contributed by atoms with Crippen molar-refractivity contribution in [3.8, 4) is 0 Å². The van der Waals surface area contributed by atoms with Crippen molar-refractivity contribution in [3.05, 3.63) is 62.6 Å². The van der Waals surface area contributed by atoms with Gasteiger partial charge in [-0.2, -0.15) is 4.98 Å². The predicted octanol–water partition coefficient (Wildman–Crippen LogP) is 3.34. The number of rotatable bonds is 5. The summed E-state index contributed by atoms with van der Waals surface area (Å²) in [7, 11) is 0. The number of hydrogen-bond acceptors (Lipinski definition) is 6. The fourth-order valence-electron chi connectivity index (χ4n) is 2.37. The lowest BCUT2D eigenvalue weighted by molar-refractivity contribution is 0.139. The van der Waals surface area contributed by atoms with Crippen molar-refractivity contribution in [2.45, 2.75) is 26.9 Å². The van der Waals surface area contributed by atoms with Crippen LogP contribution in [0.2, 0.25) is 0 Å². The zero-order chi connectivity index (χ0) is 17.8. The van der Waals surface area contributed by atoms with E-state index in [9.17, 15) is 9.59 Å². The molecule has 25 heavy (non-hydrogen) atoms. The Balaban J connectivity index is 1.54. The van der Waals surface area contributed by atoms with Gasteiger partial charge in [-0.1, -0.05) is 30.3 Å². The maximum Gasteiger partial charge on any atom is 0.407 e. The fraction of sp³-hybridized carbons (Fsp3) is 0.278. The van der Waals surface area contributed by atoms with Crippen LogP contribution in [-0.2, 0) is 17.8 Å². The number of amides is 1. The van der Waals surface area contributed by atoms with Gasteiger partial charge in [0.05, 0.1) is 5.39 Å². The molecule has 0 aliphatic carbocycles. The van der Waals surface area contributed by atoms with Gasteiger partial charge in [-0.05, 0) is 25.0 Å². The van der Waals surface area contributed by atoms with Crippen LogP contribution in [0.5, 0.6) is 0 Å². The lowest BCUT2D eigenvalue weighted by atomic mass is 10.2. The number of carbonyl (C=O) groups excluding carboxylic acids is 1. The lowest BCUT2D eigenvalue weighted by Gasteiger charge is -2.06. The van der Waals surface area contributed by atoms with Crippen LogP contribution < -0.4 is 10.9 Å². The van der Waals surface area contributed by atoms with Crippen LogP contribution in [0.3, 0.4) is 0 Å². The Morgan fingerprint density at radius 1 is 1.28 bits per heavy atom. The Morgan fingerprint density at radius 2 is 2.04 bits per heavy atom. The number of fused-ring (bicyclic) bond motifs is 1. The average Bonchev–Trinajstić information content (AvgIpc) is 2.88. The number of ether oxygens (including phenoxy) is 1. The maximum atomic E-state index is 12.1. The number of nitrogens with zero attached hydrogens (tertiary/aromatic N) is 1. The van der Waals surface area contributed by atoms with E-state index < -0.39 is 6.09 Å². The molecule has 3 rings (SSSR count). The number of benzene rings is 1. The first kappa shape index (κ1) is 17.2. The normalized spacial score (nSPS) is 10.8. The lowest BCUT2D eigenvalue weighted by Crippen LogP contribution is -2.27. The van der Waals surface area contributed by atoms with Crippen molar-refractivity contribution in [2.24, 2.45) is 0 Å². The van der Waals surface area contributed by atoms with Crippen molar-refractivity contribution in [1.29, 1.82) is 0 Å². The van der Waals surface area contributed by atoms with Crippen LogP contribution >= 0.6 is 11.3 Å². The number of hydrogen-bond donors (Lipinski definition) is 1. The molecule has 3 aromatic rings. The Hall–Kier alpha value is -2.67. The van der Waals surface area contributed by atoms with E-state index in [0.717, 1.165) is 16.0 Å². The molecule has 0 unspecified atom stereocenters. The number of thiophene rings is 1. The molecule has 0 aliphatic heterocycles. The standard InChI is InChI=1S/C18H18N2O4S/c1-11-12(2)25-17-15(11)16(21)20-14(24-17)8-9-19-18(22)23-10-13-6-4-3-5-7-13/h3-7H,8-10H2,1-2H3,(H,19,22). The highest BCUT2D eigenvalue weighted by molar-refractivity contribution is 7.18. The molecule has 6 nitrogen and oxygen atoms in total. The van der Waals surface area contributed by atoms with Gasteiger partial charge < -0.3 is 14.5 Å². The molecule has 130 valence electrons. The monoisotopic (exact) mass is 358 g/mol. The maximum absolute atomic E-state index is 12.1. The molecule has 0 bridgehead atoms. The number of aryl methyl sites for hydroxylation is 2. The Labute approximate surface area is 148 Å². The Bertz CT molecular complexity index is 947. The molecular formula is C18H18N2O4S. The van der Waals surface area contributed by atoms with Crippen LogP contribution in [0.1, 0.15) is 21.9 Å². The summed E-state index contributed by atoms with van der Waals surface area (Å²) in [6.07, 6.45) is -0.197. The van der Waals surface area contributed by atoms with Gasteiger partial charge in [-0.25, -0.2) is 4.79 Å². The van der Waals surface area contributed by atoms with E-state index in [-0.39, 0.29) is 18.7 Å². The van der Waals surface area contributed by atoms with Gasteiger partial charge in [-0.3, -0.25) is 4.79 Å². The molecule has 0 aliphatic rings. The van der Waals surface area contributed by atoms with Crippen molar-refractivity contribution in [2.75, 3.05) is 6.54 Å². The third-order valence-electron chi connectivity index (χ3n) is 3.82. The summed E-state index contributed by atoms with van der Waals surface area (Å²) in [5.41, 5.74) is 1.54. The quantitative estimate of drug-likeness (QED) is 0.756. The fourth-order valence-corrected chi connectivity index (χ4v) is 3.38. The van der Waals surface area contributed by atoms with Crippen molar-refractivity contribution in [3.63, 3.8) is 0 Å². The predicted molar refractivity (Wildman–Crippen MR) is 96.0 cm³/mol. The van der Waals surface area contributed by atoms with E-state index in [0.29, 0.717) is 22.6 Å². The van der Waals surface area contributed by atoms with E-state index >= 15 is 0 Å². The molecular weight excluding hydrogens is 340 g/mol. The molecule has 7 heteroatoms. The molecule has 2 aromatic heterocycles. The second kappa shape index (κ2) is 7.48. The summed E-state index contributed by atoms with van der Waals surface area (Å²) in [5, 5.41) is 3.17. The van der Waals surface area contributed by atoms with E-state index in [4.69, 9.17) is 9.15 Å². The summed E-state index contributed by atoms with van der Waals surface area (Å²) < 4.78 is 10.8. The summed E-state index contributed by atoms with van der Waals surface area (Å²) in [6.45, 7) is 4.31. The Morgan fingerprint density at radius 3 is 2.80 bits per heavy atom. The van der Waals surface area contributed by atoms with Crippen molar-refractivity contribution in [1.82, 2.24) is 10.3 Å². The second-order valence-corrected chi connectivity index (χ2v) is 6.78. The molecule has 1 N–H and O–H groups in total. The van der Waals surface area contributed by atoms with E-state index in [1.807, 2.05) is 44.2 Å². The first-order valence-electron chi connectivity index (χ1n) is 7.89. The minimum atomic E-state index is -0.518. The highest BCUT2D eigenvalue weighted by Crippen LogP contribution is 2.27. The molecule has 0 atom stereocenters. The van der Waals surface area contributed by atoms with Gasteiger partial charge in [0.2, 0.25) is 5.89 Å². The largest absolute Gasteiger partial charge is 0.445 e. The molecule has 0 saturated heterocycles. The van der Waals surface area contributed by atoms with Gasteiger partial charge in [-0.15, -0.1) is 11.3 Å². The molecule has 0 spiro atoms. The smallest absolute Gasteiger partial charge is 0.407 e. The summed E-state index contributed by atoms with van der Waals surface area (Å²) in [5.74, 6) is 0.308. The second-order valence-electron chi connectivity index (χ2n) is 5.60. The third-order valence-corrected chi connectivity index (χ3v) is 4.91. The SMILES string of the molecule is Cc1sc2oc(CCNC(=O)OCc3ccccc3)nc(=O)c2c1C. The van der Waals surface area contributed by atoms with Gasteiger partial charge in [0.25, 0.3) is 5.56 Å². The number of aromatic nitrogens is 1. The zero-order valence-electron chi connectivity index (χ0n) is 14.0. The zero-order valence-corrected chi connectivity index (χ0v) is 14.8. The average molecular weight is 358 g/mol. The molecule has 0 fully saturated rings. The molecule has 0 radical (unpaired) electrons. The van der Waals surface area contributed by atoms with Crippen molar-refractivity contribution < 1.29 is 13.9 Å². The van der Waals surface area contributed by atoms with Gasteiger partial charge in [0.15, 0.2) is 4.90 Å². The van der Waals surface area contributed by atoms with Crippen LogP contribution in [-0.4, -0.2) is 17.6 Å². The summed E-state index contributed by atoms with van der Waals surface area (Å²) in [4.78, 5) is 29.4. The van der Waals surface area contributed by atoms with Crippen LogP contribution in [0.25, 0.3) is 10.3 Å². The highest BCUT2D eigenvalue weighted by atomic mass is 32.1. The molecule has 1 aromatic carbocycles. The van der Waals surface area contributed by atoms with Crippen molar-refractivity contribution >= 4 is 27.7 Å². The minimum Gasteiger partial charge on any atom is -0.445 e. The number of alkyl carbamates (subject to hydrolysis) is 1. The Kier molecular flexibility index (Phi) is 5.14. The minimum absolute atomic E-state index is 0.208. The van der Waals surface area contributed by atoms with Gasteiger partial charge in [0, 0.05) is 17.8 Å². The van der Waals surface area contributed by atoms with E-state index in [2.05, 4.69) is 10.3 Å². The topological polar surface area (TPSA) is 81.4 Å². The van der Waals surface area contributed by atoms with Gasteiger partial charge in [0.1, 0.15) is 6.61 Å². The molecule has 0 saturated carbocycles. The van der Waals surface area contributed by atoms with Crippen LogP contribution in [0.15, 0.2) is 39.5 Å². The molecule has 1 amide bonds. The van der Waals surface area contributed by atoms with Gasteiger partial charge >= 0.3 is 6.09 Å². The number of nitrogens with one attached hydrogen (secondary N) is 1. The summed E-state index contributed by atoms with van der Waals surface area (Å²) in [6, 6.07) is 9.43. The first-order chi connectivity index (χ1) is 12.0.